The number of ether oxygens (including phenoxy) is 1. The van der Waals surface area contributed by atoms with Crippen molar-refractivity contribution in [3.8, 4) is 11.1 Å². The van der Waals surface area contributed by atoms with Crippen molar-refractivity contribution in [3.63, 3.8) is 0 Å². The second kappa shape index (κ2) is 12.3. The fourth-order valence-corrected chi connectivity index (χ4v) is 4.31. The highest BCUT2D eigenvalue weighted by molar-refractivity contribution is 5.94. The molecule has 0 aliphatic carbocycles. The number of aromatic nitrogens is 3. The predicted octanol–water partition coefficient (Wildman–Crippen LogP) is 4.59. The van der Waals surface area contributed by atoms with Crippen LogP contribution in [0.4, 0.5) is 22.0 Å². The summed E-state index contributed by atoms with van der Waals surface area (Å²) in [6.45, 7) is -0.806. The maximum absolute atomic E-state index is 14.2. The van der Waals surface area contributed by atoms with Crippen molar-refractivity contribution in [2.24, 2.45) is 5.73 Å². The third kappa shape index (κ3) is 7.11. The predicted molar refractivity (Wildman–Crippen MR) is 137 cm³/mol. The van der Waals surface area contributed by atoms with Crippen LogP contribution in [0.1, 0.15) is 39.0 Å². The smallest absolute Gasteiger partial charge is 0.378 e. The zero-order valence-corrected chi connectivity index (χ0v) is 21.6. The molecule has 4 rings (SSSR count). The normalized spacial score (nSPS) is 12.2. The molecule has 2 aromatic heterocycles. The van der Waals surface area contributed by atoms with E-state index in [4.69, 9.17) is 10.5 Å². The number of amides is 2. The number of benzene rings is 2. The molecule has 0 spiro atoms. The Bertz CT molecular complexity index is 1570. The number of pyridine rings is 1. The van der Waals surface area contributed by atoms with Crippen LogP contribution in [0.15, 0.2) is 66.9 Å². The molecular formula is C28H24F5N5O3. The van der Waals surface area contributed by atoms with E-state index in [0.29, 0.717) is 16.7 Å². The first-order valence-corrected chi connectivity index (χ1v) is 12.2. The standard InChI is InChI=1S/C28H24F5N5O3/c1-41-15-19-13-24(28(31,32)33)37-38(19)14-25(39)36-23(11-16-4-2-5-18(29)10-16)26-20(6-3-9-35-26)17-7-8-22(30)21(12-17)27(34)40/h2-10,12-13,23H,11,14-15H2,1H3,(H2,34,40)(H,36,39)/t23-/m0/s1. The van der Waals surface area contributed by atoms with Gasteiger partial charge in [-0.15, -0.1) is 0 Å². The highest BCUT2D eigenvalue weighted by atomic mass is 19.4. The summed E-state index contributed by atoms with van der Waals surface area (Å²) in [5.41, 5.74) is 5.34. The number of rotatable bonds is 10. The first-order chi connectivity index (χ1) is 19.5. The molecule has 2 aromatic carbocycles. The monoisotopic (exact) mass is 573 g/mol. The maximum Gasteiger partial charge on any atom is 0.435 e. The molecular weight excluding hydrogens is 549 g/mol. The largest absolute Gasteiger partial charge is 0.435 e. The Morgan fingerprint density at radius 3 is 2.54 bits per heavy atom. The summed E-state index contributed by atoms with van der Waals surface area (Å²) in [7, 11) is 1.29. The highest BCUT2D eigenvalue weighted by Gasteiger charge is 2.35. The summed E-state index contributed by atoms with van der Waals surface area (Å²) in [5.74, 6) is -3.03. The Labute approximate surface area is 231 Å². The van der Waals surface area contributed by atoms with Gasteiger partial charge in [-0.3, -0.25) is 19.3 Å². The third-order valence-corrected chi connectivity index (χ3v) is 6.11. The van der Waals surface area contributed by atoms with Gasteiger partial charge in [-0.25, -0.2) is 8.78 Å². The van der Waals surface area contributed by atoms with Crippen molar-refractivity contribution in [2.45, 2.75) is 31.8 Å². The van der Waals surface area contributed by atoms with Crippen molar-refractivity contribution >= 4 is 11.8 Å². The number of carbonyl (C=O) groups excluding carboxylic acids is 2. The summed E-state index contributed by atoms with van der Waals surface area (Å²) < 4.78 is 73.8. The third-order valence-electron chi connectivity index (χ3n) is 6.11. The molecule has 3 N–H and O–H groups in total. The molecule has 0 aliphatic rings. The van der Waals surface area contributed by atoms with E-state index in [0.717, 1.165) is 16.8 Å². The summed E-state index contributed by atoms with van der Waals surface area (Å²) in [6.07, 6.45) is -3.25. The zero-order valence-electron chi connectivity index (χ0n) is 21.6. The van der Waals surface area contributed by atoms with Crippen LogP contribution in [0.2, 0.25) is 0 Å². The van der Waals surface area contributed by atoms with Gasteiger partial charge in [0, 0.05) is 18.9 Å². The second-order valence-electron chi connectivity index (χ2n) is 9.06. The molecule has 41 heavy (non-hydrogen) atoms. The maximum atomic E-state index is 14.2. The zero-order chi connectivity index (χ0) is 29.7. The van der Waals surface area contributed by atoms with E-state index in [9.17, 15) is 31.5 Å². The van der Waals surface area contributed by atoms with Gasteiger partial charge in [0.05, 0.1) is 29.6 Å². The van der Waals surface area contributed by atoms with E-state index >= 15 is 0 Å². The fraction of sp³-hybridized carbons (Fsp3) is 0.214. The average Bonchev–Trinajstić information content (AvgIpc) is 3.31. The van der Waals surface area contributed by atoms with Crippen molar-refractivity contribution in [3.05, 3.63) is 107 Å². The van der Waals surface area contributed by atoms with Crippen LogP contribution < -0.4 is 11.1 Å². The van der Waals surface area contributed by atoms with E-state index in [1.54, 1.807) is 18.2 Å². The van der Waals surface area contributed by atoms with Crippen LogP contribution in [0.3, 0.4) is 0 Å². The molecule has 8 nitrogen and oxygen atoms in total. The summed E-state index contributed by atoms with van der Waals surface area (Å²) in [5, 5.41) is 6.28. The van der Waals surface area contributed by atoms with E-state index in [1.165, 1.54) is 43.6 Å². The number of hydrogen-bond acceptors (Lipinski definition) is 5. The lowest BCUT2D eigenvalue weighted by molar-refractivity contribution is -0.141. The van der Waals surface area contributed by atoms with Crippen molar-refractivity contribution < 1.29 is 36.3 Å². The number of primary amides is 1. The van der Waals surface area contributed by atoms with Gasteiger partial charge in [-0.1, -0.05) is 24.3 Å². The minimum Gasteiger partial charge on any atom is -0.378 e. The Kier molecular flexibility index (Phi) is 8.77. The van der Waals surface area contributed by atoms with Gasteiger partial charge in [0.25, 0.3) is 5.91 Å². The van der Waals surface area contributed by atoms with E-state index in [-0.39, 0.29) is 30.0 Å². The number of methoxy groups -OCH3 is 1. The minimum atomic E-state index is -4.73. The Morgan fingerprint density at radius 2 is 1.85 bits per heavy atom. The number of hydrogen-bond donors (Lipinski definition) is 2. The Balaban J connectivity index is 1.72. The van der Waals surface area contributed by atoms with E-state index in [1.807, 2.05) is 0 Å². The SMILES string of the molecule is COCc1cc(C(F)(F)F)nn1CC(=O)N[C@@H](Cc1cccc(F)c1)c1ncccc1-c1ccc(F)c(C(N)=O)c1. The van der Waals surface area contributed by atoms with Gasteiger partial charge in [0.2, 0.25) is 5.91 Å². The lowest BCUT2D eigenvalue weighted by Gasteiger charge is -2.22. The molecule has 13 heteroatoms. The number of alkyl halides is 3. The molecule has 4 aromatic rings. The average molecular weight is 574 g/mol. The molecule has 1 atom stereocenters. The van der Waals surface area contributed by atoms with E-state index < -0.39 is 47.9 Å². The Hall–Kier alpha value is -4.65. The summed E-state index contributed by atoms with van der Waals surface area (Å²) in [6, 6.07) is 12.5. The molecule has 0 fully saturated rings. The molecule has 2 amide bonds. The van der Waals surface area contributed by atoms with Gasteiger partial charge in [-0.05, 0) is 53.9 Å². The van der Waals surface area contributed by atoms with Crippen molar-refractivity contribution in [2.75, 3.05) is 7.11 Å². The van der Waals surface area contributed by atoms with Gasteiger partial charge < -0.3 is 15.8 Å². The molecule has 0 aliphatic heterocycles. The van der Waals surface area contributed by atoms with E-state index in [2.05, 4.69) is 15.4 Å². The number of carbonyl (C=O) groups is 2. The van der Waals surface area contributed by atoms with Gasteiger partial charge in [0.15, 0.2) is 5.69 Å². The van der Waals surface area contributed by atoms with Gasteiger partial charge in [0.1, 0.15) is 18.2 Å². The first kappa shape index (κ1) is 29.3. The summed E-state index contributed by atoms with van der Waals surface area (Å²) in [4.78, 5) is 29.3. The number of nitrogens with two attached hydrogens (primary N) is 1. The quantitative estimate of drug-likeness (QED) is 0.270. The number of halogens is 5. The topological polar surface area (TPSA) is 112 Å². The van der Waals surface area contributed by atoms with Crippen LogP contribution in [0.5, 0.6) is 0 Å². The van der Waals surface area contributed by atoms with Crippen molar-refractivity contribution in [1.29, 1.82) is 0 Å². The molecule has 0 saturated carbocycles. The highest BCUT2D eigenvalue weighted by Crippen LogP contribution is 2.31. The van der Waals surface area contributed by atoms with Crippen LogP contribution in [-0.2, 0) is 35.3 Å². The lowest BCUT2D eigenvalue weighted by Crippen LogP contribution is -2.34. The molecule has 0 unspecified atom stereocenters. The number of nitrogens with one attached hydrogen (secondary N) is 1. The van der Waals surface area contributed by atoms with Gasteiger partial charge >= 0.3 is 6.18 Å². The molecule has 214 valence electrons. The second-order valence-corrected chi connectivity index (χ2v) is 9.06. The first-order valence-electron chi connectivity index (χ1n) is 12.2. The summed E-state index contributed by atoms with van der Waals surface area (Å²) >= 11 is 0. The van der Waals surface area contributed by atoms with Crippen LogP contribution in [0.25, 0.3) is 11.1 Å². The fourth-order valence-electron chi connectivity index (χ4n) is 4.31. The lowest BCUT2D eigenvalue weighted by atomic mass is 9.94. The van der Waals surface area contributed by atoms with Crippen LogP contribution in [0, 0.1) is 11.6 Å². The molecule has 0 saturated heterocycles. The van der Waals surface area contributed by atoms with Crippen molar-refractivity contribution in [1.82, 2.24) is 20.1 Å². The van der Waals surface area contributed by atoms with Gasteiger partial charge in [-0.2, -0.15) is 18.3 Å². The van der Waals surface area contributed by atoms with Crippen LogP contribution >= 0.6 is 0 Å². The minimum absolute atomic E-state index is 0.0282. The number of nitrogens with zero attached hydrogens (tertiary/aromatic N) is 3. The van der Waals surface area contributed by atoms with Crippen LogP contribution in [-0.4, -0.2) is 33.7 Å². The molecule has 0 radical (unpaired) electrons. The molecule has 0 bridgehead atoms. The molecule has 2 heterocycles. The Morgan fingerprint density at radius 1 is 1.07 bits per heavy atom.